The number of nitrogens with zero attached hydrogens (tertiary/aromatic N) is 4. The normalized spacial score (nSPS) is 11.0. The zero-order chi connectivity index (χ0) is 20.7. The van der Waals surface area contributed by atoms with Crippen LogP contribution in [0.4, 0.5) is 22.7 Å². The van der Waals surface area contributed by atoms with E-state index < -0.39 is 0 Å². The molecule has 0 spiro atoms. The second-order valence-electron chi connectivity index (χ2n) is 6.94. The molecule has 9 heteroatoms. The number of hydrogen-bond acceptors (Lipinski definition) is 6. The first-order chi connectivity index (χ1) is 13.8. The zero-order valence-electron chi connectivity index (χ0n) is 16.6. The molecule has 0 aliphatic heterocycles. The van der Waals surface area contributed by atoms with Crippen LogP contribution in [0.2, 0.25) is 0 Å². The predicted molar refractivity (Wildman–Crippen MR) is 113 cm³/mol. The van der Waals surface area contributed by atoms with E-state index in [9.17, 15) is 9.59 Å². The van der Waals surface area contributed by atoms with E-state index in [2.05, 4.69) is 25.8 Å². The number of rotatable bonds is 4. The summed E-state index contributed by atoms with van der Waals surface area (Å²) in [6.45, 7) is 3.52. The van der Waals surface area contributed by atoms with Gasteiger partial charge in [0.1, 0.15) is 0 Å². The van der Waals surface area contributed by atoms with Crippen molar-refractivity contribution >= 4 is 33.7 Å². The third kappa shape index (κ3) is 3.27. The summed E-state index contributed by atoms with van der Waals surface area (Å²) in [7, 11) is 3.24. The molecule has 0 unspecified atom stereocenters. The van der Waals surface area contributed by atoms with Crippen LogP contribution in [0.15, 0.2) is 46.4 Å². The average Bonchev–Trinajstić information content (AvgIpc) is 3.18. The smallest absolute Gasteiger partial charge is 0.271 e. The number of nitrogens with one attached hydrogen (secondary N) is 3. The molecule has 3 N–H and O–H groups in total. The number of H-pyrrole nitrogens is 1. The summed E-state index contributed by atoms with van der Waals surface area (Å²) in [5, 5.41) is 15.7. The predicted octanol–water partition coefficient (Wildman–Crippen LogP) is 2.46. The van der Waals surface area contributed by atoms with E-state index in [4.69, 9.17) is 0 Å². The van der Waals surface area contributed by atoms with Gasteiger partial charge < -0.3 is 15.6 Å². The maximum Gasteiger partial charge on any atom is 0.271 e. The van der Waals surface area contributed by atoms with Crippen LogP contribution >= 0.6 is 0 Å². The van der Waals surface area contributed by atoms with Crippen LogP contribution in [0.3, 0.4) is 0 Å². The Balaban J connectivity index is 1.77. The van der Waals surface area contributed by atoms with Crippen molar-refractivity contribution in [1.82, 2.24) is 24.5 Å². The molecule has 0 amide bonds. The number of anilines is 4. The standard InChI is InChI=1S/C20H21N7O2/c1-11-17(9-22-26(3)19(11)28)24-13-7-15-14(5-6-21-15)16(8-13)25-18-10-23-27(4)20(29)12(18)2/h5-10,21,24-25H,1-4H3. The zero-order valence-corrected chi connectivity index (χ0v) is 16.6. The lowest BCUT2D eigenvalue weighted by atomic mass is 10.1. The first kappa shape index (κ1) is 18.5. The highest BCUT2D eigenvalue weighted by molar-refractivity contribution is 5.97. The maximum absolute atomic E-state index is 12.2. The molecule has 3 heterocycles. The minimum atomic E-state index is -0.156. The van der Waals surface area contributed by atoms with Crippen molar-refractivity contribution < 1.29 is 0 Å². The molecular weight excluding hydrogens is 370 g/mol. The van der Waals surface area contributed by atoms with E-state index in [-0.39, 0.29) is 11.1 Å². The van der Waals surface area contributed by atoms with Crippen molar-refractivity contribution in [2.45, 2.75) is 13.8 Å². The Morgan fingerprint density at radius 1 is 0.862 bits per heavy atom. The topological polar surface area (TPSA) is 110 Å². The van der Waals surface area contributed by atoms with Crippen molar-refractivity contribution in [3.63, 3.8) is 0 Å². The number of hydrogen-bond donors (Lipinski definition) is 3. The molecule has 4 rings (SSSR count). The summed E-state index contributed by atoms with van der Waals surface area (Å²) < 4.78 is 2.60. The van der Waals surface area contributed by atoms with Crippen molar-refractivity contribution in [3.05, 3.63) is 68.6 Å². The molecule has 0 radical (unpaired) electrons. The second-order valence-corrected chi connectivity index (χ2v) is 6.94. The molecule has 3 aromatic heterocycles. The first-order valence-corrected chi connectivity index (χ1v) is 9.06. The van der Waals surface area contributed by atoms with Gasteiger partial charge in [0.05, 0.1) is 29.5 Å². The highest BCUT2D eigenvalue weighted by Crippen LogP contribution is 2.31. The molecule has 0 atom stereocenters. The molecular formula is C20H21N7O2. The van der Waals surface area contributed by atoms with Crippen LogP contribution in [0.25, 0.3) is 10.9 Å². The Bertz CT molecular complexity index is 1350. The Hall–Kier alpha value is -3.88. The minimum absolute atomic E-state index is 0.156. The van der Waals surface area contributed by atoms with Gasteiger partial charge in [0, 0.05) is 48.0 Å². The third-order valence-electron chi connectivity index (χ3n) is 4.97. The van der Waals surface area contributed by atoms with E-state index in [0.717, 1.165) is 22.3 Å². The van der Waals surface area contributed by atoms with Gasteiger partial charge in [-0.15, -0.1) is 0 Å². The summed E-state index contributed by atoms with van der Waals surface area (Å²) >= 11 is 0. The molecule has 0 saturated heterocycles. The lowest BCUT2D eigenvalue weighted by molar-refractivity contribution is 0.702. The van der Waals surface area contributed by atoms with E-state index >= 15 is 0 Å². The van der Waals surface area contributed by atoms with Gasteiger partial charge >= 0.3 is 0 Å². The van der Waals surface area contributed by atoms with Gasteiger partial charge in [0.25, 0.3) is 11.1 Å². The van der Waals surface area contributed by atoms with Crippen molar-refractivity contribution in [1.29, 1.82) is 0 Å². The largest absolute Gasteiger partial charge is 0.361 e. The Morgan fingerprint density at radius 3 is 2.07 bits per heavy atom. The third-order valence-corrected chi connectivity index (χ3v) is 4.97. The molecule has 0 aliphatic carbocycles. The molecule has 0 saturated carbocycles. The number of aromatic nitrogens is 5. The van der Waals surface area contributed by atoms with E-state index in [1.54, 1.807) is 40.3 Å². The molecule has 9 nitrogen and oxygen atoms in total. The number of fused-ring (bicyclic) bond motifs is 1. The van der Waals surface area contributed by atoms with Crippen molar-refractivity contribution in [2.75, 3.05) is 10.6 Å². The summed E-state index contributed by atoms with van der Waals surface area (Å²) in [6, 6.07) is 5.83. The van der Waals surface area contributed by atoms with Crippen molar-refractivity contribution in [2.24, 2.45) is 14.1 Å². The fraction of sp³-hybridized carbons (Fsp3) is 0.200. The maximum atomic E-state index is 12.2. The molecule has 0 aliphatic rings. The lowest BCUT2D eigenvalue weighted by Gasteiger charge is -2.14. The highest BCUT2D eigenvalue weighted by Gasteiger charge is 2.11. The summed E-state index contributed by atoms with van der Waals surface area (Å²) in [6.07, 6.45) is 5.10. The van der Waals surface area contributed by atoms with Gasteiger partial charge in [0.2, 0.25) is 0 Å². The van der Waals surface area contributed by atoms with Gasteiger partial charge in [-0.05, 0) is 32.0 Å². The van der Waals surface area contributed by atoms with Gasteiger partial charge in [-0.25, -0.2) is 9.36 Å². The van der Waals surface area contributed by atoms with E-state index in [1.807, 2.05) is 24.4 Å². The summed E-state index contributed by atoms with van der Waals surface area (Å²) in [4.78, 5) is 27.6. The fourth-order valence-corrected chi connectivity index (χ4v) is 3.20. The SMILES string of the molecule is Cc1c(Nc2cc(Nc3cnn(C)c(=O)c3C)c3cc[nH]c3c2)cnn(C)c1=O. The van der Waals surface area contributed by atoms with E-state index in [1.165, 1.54) is 9.36 Å². The Labute approximate surface area is 166 Å². The molecule has 1 aromatic carbocycles. The van der Waals surface area contributed by atoms with Crippen molar-refractivity contribution in [3.8, 4) is 0 Å². The van der Waals surface area contributed by atoms with Gasteiger partial charge in [-0.1, -0.05) is 0 Å². The van der Waals surface area contributed by atoms with Gasteiger partial charge in [-0.3, -0.25) is 9.59 Å². The van der Waals surface area contributed by atoms with Crippen LogP contribution < -0.4 is 21.8 Å². The molecule has 29 heavy (non-hydrogen) atoms. The number of aromatic amines is 1. The summed E-state index contributed by atoms with van der Waals surface area (Å²) in [5.41, 5.74) is 4.60. The molecule has 4 aromatic rings. The first-order valence-electron chi connectivity index (χ1n) is 9.06. The van der Waals surface area contributed by atoms with Crippen LogP contribution in [0.5, 0.6) is 0 Å². The fourth-order valence-electron chi connectivity index (χ4n) is 3.20. The average molecular weight is 391 g/mol. The van der Waals surface area contributed by atoms with Crippen LogP contribution in [0, 0.1) is 13.8 Å². The van der Waals surface area contributed by atoms with Gasteiger partial charge in [0.15, 0.2) is 0 Å². The second kappa shape index (κ2) is 6.93. The number of benzene rings is 1. The molecule has 0 fully saturated rings. The summed E-state index contributed by atoms with van der Waals surface area (Å²) in [5.74, 6) is 0. The minimum Gasteiger partial charge on any atom is -0.361 e. The monoisotopic (exact) mass is 391 g/mol. The van der Waals surface area contributed by atoms with Crippen LogP contribution in [-0.4, -0.2) is 24.5 Å². The Kier molecular flexibility index (Phi) is 4.42. The van der Waals surface area contributed by atoms with Crippen LogP contribution in [0.1, 0.15) is 11.1 Å². The quantitative estimate of drug-likeness (QED) is 0.493. The molecule has 148 valence electrons. The number of aryl methyl sites for hydroxylation is 2. The highest BCUT2D eigenvalue weighted by atomic mass is 16.1. The van der Waals surface area contributed by atoms with Crippen LogP contribution in [-0.2, 0) is 14.1 Å². The lowest BCUT2D eigenvalue weighted by Crippen LogP contribution is -2.22. The van der Waals surface area contributed by atoms with E-state index in [0.29, 0.717) is 22.5 Å². The Morgan fingerprint density at radius 2 is 1.45 bits per heavy atom. The van der Waals surface area contributed by atoms with Gasteiger partial charge in [-0.2, -0.15) is 10.2 Å². The molecule has 0 bridgehead atoms.